The van der Waals surface area contributed by atoms with Crippen LogP contribution in [0.15, 0.2) is 24.3 Å². The molecule has 0 bridgehead atoms. The molecule has 0 unspecified atom stereocenters. The van der Waals surface area contributed by atoms with E-state index in [0.717, 1.165) is 37.2 Å². The first-order valence-electron chi connectivity index (χ1n) is 7.25. The number of rotatable bonds is 5. The van der Waals surface area contributed by atoms with Gasteiger partial charge in [0.05, 0.1) is 7.11 Å². The number of nitrogens with one attached hydrogen (secondary N) is 1. The third-order valence-corrected chi connectivity index (χ3v) is 3.96. The molecule has 20 heavy (non-hydrogen) atoms. The number of amides is 1. The van der Waals surface area contributed by atoms with Gasteiger partial charge in [-0.2, -0.15) is 0 Å². The second-order valence-corrected chi connectivity index (χ2v) is 5.58. The van der Waals surface area contributed by atoms with Gasteiger partial charge < -0.3 is 15.0 Å². The Bertz CT molecular complexity index is 423. The van der Waals surface area contributed by atoms with Crippen molar-refractivity contribution in [2.75, 3.05) is 27.2 Å². The Balaban J connectivity index is 1.71. The van der Waals surface area contributed by atoms with Gasteiger partial charge in [-0.1, -0.05) is 12.1 Å². The molecular formula is C16H24N2O2. The van der Waals surface area contributed by atoms with Crippen molar-refractivity contribution < 1.29 is 9.53 Å². The van der Waals surface area contributed by atoms with Crippen molar-refractivity contribution in [1.29, 1.82) is 0 Å². The molecule has 1 aromatic rings. The molecular weight excluding hydrogens is 252 g/mol. The van der Waals surface area contributed by atoms with E-state index >= 15 is 0 Å². The summed E-state index contributed by atoms with van der Waals surface area (Å²) in [6.07, 6.45) is 2.92. The summed E-state index contributed by atoms with van der Waals surface area (Å²) in [6.45, 7) is 2.81. The quantitative estimate of drug-likeness (QED) is 0.895. The summed E-state index contributed by atoms with van der Waals surface area (Å²) in [5.74, 6) is 1.55. The normalized spacial score (nSPS) is 16.9. The van der Waals surface area contributed by atoms with Crippen molar-refractivity contribution >= 4 is 5.91 Å². The Morgan fingerprint density at radius 2 is 1.95 bits per heavy atom. The topological polar surface area (TPSA) is 41.6 Å². The summed E-state index contributed by atoms with van der Waals surface area (Å²) in [7, 11) is 3.79. The highest BCUT2D eigenvalue weighted by Crippen LogP contribution is 2.19. The van der Waals surface area contributed by atoms with Crippen LogP contribution >= 0.6 is 0 Å². The predicted molar refractivity (Wildman–Crippen MR) is 79.7 cm³/mol. The first-order chi connectivity index (χ1) is 9.67. The molecule has 2 rings (SSSR count). The number of hydrogen-bond donors (Lipinski definition) is 1. The molecule has 110 valence electrons. The number of carbonyl (C=O) groups is 1. The lowest BCUT2D eigenvalue weighted by molar-refractivity contribution is -0.122. The van der Waals surface area contributed by atoms with Gasteiger partial charge >= 0.3 is 0 Å². The van der Waals surface area contributed by atoms with E-state index in [4.69, 9.17) is 4.74 Å². The van der Waals surface area contributed by atoms with Crippen LogP contribution in [0.5, 0.6) is 5.75 Å². The molecule has 1 aromatic carbocycles. The van der Waals surface area contributed by atoms with Crippen molar-refractivity contribution in [2.24, 2.45) is 5.92 Å². The maximum absolute atomic E-state index is 11.9. The van der Waals surface area contributed by atoms with E-state index in [2.05, 4.69) is 17.3 Å². The van der Waals surface area contributed by atoms with Crippen LogP contribution in [0.2, 0.25) is 0 Å². The van der Waals surface area contributed by atoms with Crippen LogP contribution in [0.1, 0.15) is 24.8 Å². The van der Waals surface area contributed by atoms with Crippen LogP contribution in [0.25, 0.3) is 0 Å². The lowest BCUT2D eigenvalue weighted by Gasteiger charge is -2.28. The fourth-order valence-electron chi connectivity index (χ4n) is 2.54. The molecule has 0 spiro atoms. The molecule has 1 heterocycles. The van der Waals surface area contributed by atoms with Crippen LogP contribution in [-0.2, 0) is 11.3 Å². The minimum Gasteiger partial charge on any atom is -0.497 e. The predicted octanol–water partition coefficient (Wildman–Crippen LogP) is 2.04. The zero-order chi connectivity index (χ0) is 14.4. The summed E-state index contributed by atoms with van der Waals surface area (Å²) in [5.41, 5.74) is 1.10. The number of benzene rings is 1. The number of ether oxygens (including phenoxy) is 1. The molecule has 1 amide bonds. The molecule has 1 N–H and O–H groups in total. The standard InChI is InChI=1S/C16H24N2O2/c1-18-9-7-13(8-10-18)11-16(19)17-12-14-3-5-15(20-2)6-4-14/h3-6,13H,7-12H2,1-2H3,(H,17,19). The number of nitrogens with zero attached hydrogens (tertiary/aromatic N) is 1. The van der Waals surface area contributed by atoms with E-state index in [0.29, 0.717) is 18.9 Å². The third kappa shape index (κ3) is 4.53. The van der Waals surface area contributed by atoms with Gasteiger partial charge in [-0.15, -0.1) is 0 Å². The SMILES string of the molecule is COc1ccc(CNC(=O)CC2CCN(C)CC2)cc1. The smallest absolute Gasteiger partial charge is 0.220 e. The Hall–Kier alpha value is -1.55. The summed E-state index contributed by atoms with van der Waals surface area (Å²) < 4.78 is 5.11. The molecule has 4 heteroatoms. The average Bonchev–Trinajstić information content (AvgIpc) is 2.48. The van der Waals surface area contributed by atoms with Crippen molar-refractivity contribution in [3.05, 3.63) is 29.8 Å². The number of likely N-dealkylation sites (tertiary alicyclic amines) is 1. The Labute approximate surface area is 121 Å². The Morgan fingerprint density at radius 1 is 1.30 bits per heavy atom. The van der Waals surface area contributed by atoms with Gasteiger partial charge in [-0.25, -0.2) is 0 Å². The largest absolute Gasteiger partial charge is 0.497 e. The summed E-state index contributed by atoms with van der Waals surface area (Å²) in [6, 6.07) is 7.79. The van der Waals surface area contributed by atoms with Crippen LogP contribution in [0, 0.1) is 5.92 Å². The van der Waals surface area contributed by atoms with Crippen molar-refractivity contribution in [1.82, 2.24) is 10.2 Å². The highest BCUT2D eigenvalue weighted by Gasteiger charge is 2.19. The van der Waals surface area contributed by atoms with E-state index in [1.54, 1.807) is 7.11 Å². The molecule has 1 fully saturated rings. The fourth-order valence-corrected chi connectivity index (χ4v) is 2.54. The van der Waals surface area contributed by atoms with E-state index in [1.807, 2.05) is 24.3 Å². The first-order valence-corrected chi connectivity index (χ1v) is 7.25. The van der Waals surface area contributed by atoms with Crippen molar-refractivity contribution in [3.8, 4) is 5.75 Å². The van der Waals surface area contributed by atoms with Gasteiger partial charge in [0.2, 0.25) is 5.91 Å². The van der Waals surface area contributed by atoms with E-state index in [9.17, 15) is 4.79 Å². The maximum atomic E-state index is 11.9. The molecule has 0 aliphatic carbocycles. The van der Waals surface area contributed by atoms with Gasteiger partial charge in [-0.3, -0.25) is 4.79 Å². The molecule has 1 aliphatic rings. The van der Waals surface area contributed by atoms with E-state index < -0.39 is 0 Å². The Kier molecular flexibility index (Phi) is 5.41. The van der Waals surface area contributed by atoms with Gasteiger partial charge in [0, 0.05) is 13.0 Å². The molecule has 0 atom stereocenters. The molecule has 0 aromatic heterocycles. The van der Waals surface area contributed by atoms with Crippen molar-refractivity contribution in [2.45, 2.75) is 25.8 Å². The van der Waals surface area contributed by atoms with Gasteiger partial charge in [0.1, 0.15) is 5.75 Å². The first kappa shape index (κ1) is 14.9. The van der Waals surface area contributed by atoms with E-state index in [1.165, 1.54) is 0 Å². The molecule has 1 saturated heterocycles. The molecule has 0 saturated carbocycles. The number of methoxy groups -OCH3 is 1. The monoisotopic (exact) mass is 276 g/mol. The third-order valence-electron chi connectivity index (χ3n) is 3.96. The van der Waals surface area contributed by atoms with Crippen LogP contribution < -0.4 is 10.1 Å². The van der Waals surface area contributed by atoms with Crippen LogP contribution in [-0.4, -0.2) is 38.1 Å². The number of piperidine rings is 1. The van der Waals surface area contributed by atoms with Gasteiger partial charge in [-0.05, 0) is 56.6 Å². The molecule has 1 aliphatic heterocycles. The minimum atomic E-state index is 0.162. The Morgan fingerprint density at radius 3 is 2.55 bits per heavy atom. The number of hydrogen-bond acceptors (Lipinski definition) is 3. The van der Waals surface area contributed by atoms with Gasteiger partial charge in [0.15, 0.2) is 0 Å². The maximum Gasteiger partial charge on any atom is 0.220 e. The van der Waals surface area contributed by atoms with Crippen LogP contribution in [0.4, 0.5) is 0 Å². The zero-order valence-corrected chi connectivity index (χ0v) is 12.4. The fraction of sp³-hybridized carbons (Fsp3) is 0.562. The highest BCUT2D eigenvalue weighted by molar-refractivity contribution is 5.76. The molecule has 4 nitrogen and oxygen atoms in total. The summed E-state index contributed by atoms with van der Waals surface area (Å²) in [5, 5.41) is 3.00. The van der Waals surface area contributed by atoms with Crippen LogP contribution in [0.3, 0.4) is 0 Å². The summed E-state index contributed by atoms with van der Waals surface area (Å²) in [4.78, 5) is 14.3. The van der Waals surface area contributed by atoms with Crippen molar-refractivity contribution in [3.63, 3.8) is 0 Å². The minimum absolute atomic E-state index is 0.162. The second-order valence-electron chi connectivity index (χ2n) is 5.58. The number of carbonyl (C=O) groups excluding carboxylic acids is 1. The average molecular weight is 276 g/mol. The van der Waals surface area contributed by atoms with E-state index in [-0.39, 0.29) is 5.91 Å². The molecule has 0 radical (unpaired) electrons. The highest BCUT2D eigenvalue weighted by atomic mass is 16.5. The lowest BCUT2D eigenvalue weighted by Crippen LogP contribution is -2.33. The summed E-state index contributed by atoms with van der Waals surface area (Å²) >= 11 is 0. The zero-order valence-electron chi connectivity index (χ0n) is 12.4. The second kappa shape index (κ2) is 7.29. The van der Waals surface area contributed by atoms with Gasteiger partial charge in [0.25, 0.3) is 0 Å². The lowest BCUT2D eigenvalue weighted by atomic mass is 9.93.